The van der Waals surface area contributed by atoms with Crippen LogP contribution in [0.25, 0.3) is 0 Å². The number of benzene rings is 1. The van der Waals surface area contributed by atoms with E-state index in [4.69, 9.17) is 14.0 Å². The maximum absolute atomic E-state index is 12.2. The third-order valence-corrected chi connectivity index (χ3v) is 5.03. The molecule has 1 aromatic rings. The molecule has 1 aliphatic heterocycles. The largest absolute Gasteiger partial charge is 0.498 e. The first-order chi connectivity index (χ1) is 11.6. The second kappa shape index (κ2) is 7.36. The molecule has 1 unspecified atom stereocenters. The first-order valence-electron chi connectivity index (χ1n) is 8.55. The highest BCUT2D eigenvalue weighted by atomic mass is 16.7. The molecule has 0 radical (unpaired) electrons. The van der Waals surface area contributed by atoms with E-state index in [1.165, 1.54) is 4.90 Å². The molecule has 0 aromatic heterocycles. The van der Waals surface area contributed by atoms with Crippen molar-refractivity contribution in [3.8, 4) is 5.75 Å². The number of hydrogen-bond donors (Lipinski definition) is 1. The molecule has 1 aliphatic rings. The molecule has 6 nitrogen and oxygen atoms in total. The average Bonchev–Trinajstić information content (AvgIpc) is 2.81. The molecule has 1 aromatic carbocycles. The molecule has 1 N–H and O–H groups in total. The van der Waals surface area contributed by atoms with E-state index in [2.05, 4.69) is 12.2 Å². The normalized spacial score (nSPS) is 22.1. The minimum Gasteiger partial charge on any atom is -0.497 e. The zero-order valence-corrected chi connectivity index (χ0v) is 16.3. The van der Waals surface area contributed by atoms with Gasteiger partial charge in [0.25, 0.3) is 5.91 Å². The van der Waals surface area contributed by atoms with E-state index in [1.807, 2.05) is 27.0 Å². The number of carbonyl (C=O) groups excluding carboxylic acids is 1. The fourth-order valence-electron chi connectivity index (χ4n) is 2.94. The van der Waals surface area contributed by atoms with E-state index < -0.39 is 18.3 Å². The van der Waals surface area contributed by atoms with E-state index in [9.17, 15) is 4.79 Å². The fraction of sp³-hybridized carbons (Fsp3) is 0.611. The maximum atomic E-state index is 12.2. The van der Waals surface area contributed by atoms with Crippen LogP contribution in [0.1, 0.15) is 37.6 Å². The molecular formula is C18H29BN2O4. The number of rotatable bonds is 6. The predicted octanol–water partition coefficient (Wildman–Crippen LogP) is 1.29. The molecule has 0 aliphatic carbocycles. The van der Waals surface area contributed by atoms with Crippen molar-refractivity contribution in [2.45, 2.75) is 38.4 Å². The van der Waals surface area contributed by atoms with Crippen molar-refractivity contribution >= 4 is 18.5 Å². The maximum Gasteiger partial charge on any atom is 0.498 e. The van der Waals surface area contributed by atoms with Crippen LogP contribution < -0.4 is 15.5 Å². The molecule has 0 bridgehead atoms. The highest BCUT2D eigenvalue weighted by Crippen LogP contribution is 2.40. The number of nitrogens with zero attached hydrogens (tertiary/aromatic N) is 1. The molecule has 0 spiro atoms. The Hall–Kier alpha value is -1.57. The summed E-state index contributed by atoms with van der Waals surface area (Å²) < 4.78 is 18.0. The lowest BCUT2D eigenvalue weighted by Crippen LogP contribution is -2.46. The Morgan fingerprint density at radius 2 is 1.96 bits per heavy atom. The number of amides is 1. The van der Waals surface area contributed by atoms with E-state index in [0.29, 0.717) is 11.3 Å². The lowest BCUT2D eigenvalue weighted by Gasteiger charge is -2.36. The van der Waals surface area contributed by atoms with E-state index in [0.717, 1.165) is 18.4 Å². The van der Waals surface area contributed by atoms with Crippen LogP contribution in [0.5, 0.6) is 5.75 Å². The Morgan fingerprint density at radius 1 is 1.28 bits per heavy atom. The fourth-order valence-corrected chi connectivity index (χ4v) is 2.94. The van der Waals surface area contributed by atoms with Gasteiger partial charge in [0, 0.05) is 25.1 Å². The first-order valence-corrected chi connectivity index (χ1v) is 8.55. The third-order valence-electron chi connectivity index (χ3n) is 5.03. The molecule has 1 amide bonds. The van der Waals surface area contributed by atoms with Gasteiger partial charge in [-0.3, -0.25) is 4.79 Å². The van der Waals surface area contributed by atoms with Gasteiger partial charge in [0.2, 0.25) is 0 Å². The Balaban J connectivity index is 2.31. The van der Waals surface area contributed by atoms with E-state index in [1.54, 1.807) is 33.3 Å². The minimum atomic E-state index is -0.532. The molecule has 7 heteroatoms. The quantitative estimate of drug-likeness (QED) is 0.785. The molecule has 1 saturated heterocycles. The van der Waals surface area contributed by atoms with Gasteiger partial charge in [-0.1, -0.05) is 6.07 Å². The summed E-state index contributed by atoms with van der Waals surface area (Å²) in [6.45, 7) is 6.99. The number of ether oxygens (including phenoxy) is 1. The molecule has 1 heterocycles. The van der Waals surface area contributed by atoms with Gasteiger partial charge < -0.3 is 24.3 Å². The Bertz CT molecular complexity index is 636. The Kier molecular flexibility index (Phi) is 5.81. The number of methoxy groups -OCH3 is 1. The van der Waals surface area contributed by atoms with Gasteiger partial charge in [0.05, 0.1) is 18.3 Å². The van der Waals surface area contributed by atoms with Crippen molar-refractivity contribution in [2.75, 3.05) is 34.8 Å². The molecule has 1 fully saturated rings. The topological polar surface area (TPSA) is 60.0 Å². The van der Waals surface area contributed by atoms with Crippen LogP contribution in [0.3, 0.4) is 0 Å². The predicted molar refractivity (Wildman–Crippen MR) is 99.6 cm³/mol. The van der Waals surface area contributed by atoms with Crippen molar-refractivity contribution in [3.63, 3.8) is 0 Å². The van der Waals surface area contributed by atoms with Crippen molar-refractivity contribution in [3.05, 3.63) is 23.8 Å². The zero-order chi connectivity index (χ0) is 18.8. The molecule has 25 heavy (non-hydrogen) atoms. The lowest BCUT2D eigenvalue weighted by atomic mass is 9.78. The summed E-state index contributed by atoms with van der Waals surface area (Å²) >= 11 is 0. The van der Waals surface area contributed by atoms with Crippen LogP contribution in [-0.4, -0.2) is 63.9 Å². The summed E-state index contributed by atoms with van der Waals surface area (Å²) in [4.78, 5) is 13.7. The number of hydrogen-bond acceptors (Lipinski definition) is 5. The van der Waals surface area contributed by atoms with Crippen molar-refractivity contribution < 1.29 is 18.8 Å². The highest BCUT2D eigenvalue weighted by molar-refractivity contribution is 6.63. The van der Waals surface area contributed by atoms with Crippen LogP contribution in [0.4, 0.5) is 0 Å². The lowest BCUT2D eigenvalue weighted by molar-refractivity contribution is -0.0147. The van der Waals surface area contributed by atoms with Crippen LogP contribution in [0.2, 0.25) is 0 Å². The van der Waals surface area contributed by atoms with Crippen LogP contribution in [0, 0.1) is 0 Å². The highest BCUT2D eigenvalue weighted by Gasteiger charge is 2.54. The molecule has 0 saturated carbocycles. The summed E-state index contributed by atoms with van der Waals surface area (Å²) in [5.41, 5.74) is 0.487. The molecule has 1 atom stereocenters. The summed E-state index contributed by atoms with van der Waals surface area (Å²) in [5.74, 6) is 0.517. The SMILES string of the molecule is CNCCC1(C)OB(c2ccc(C(=O)N(C)C)cc2OC)OC1(C)C. The van der Waals surface area contributed by atoms with Gasteiger partial charge in [0.1, 0.15) is 5.75 Å². The summed E-state index contributed by atoms with van der Waals surface area (Å²) in [6.07, 6.45) is 0.826. The van der Waals surface area contributed by atoms with E-state index in [-0.39, 0.29) is 5.91 Å². The van der Waals surface area contributed by atoms with Crippen LogP contribution >= 0.6 is 0 Å². The van der Waals surface area contributed by atoms with Gasteiger partial charge >= 0.3 is 7.12 Å². The standard InChI is InChI=1S/C18H29BN2O4/c1-17(2)18(3,10-11-20-4)25-19(24-17)14-9-8-13(12-15(14)23-7)16(22)21(5)6/h8-9,12,20H,10-11H2,1-7H3. The third kappa shape index (κ3) is 3.83. The van der Waals surface area contributed by atoms with Gasteiger partial charge in [-0.25, -0.2) is 0 Å². The van der Waals surface area contributed by atoms with Crippen molar-refractivity contribution in [2.24, 2.45) is 0 Å². The second-order valence-electron chi connectivity index (χ2n) is 7.32. The van der Waals surface area contributed by atoms with Gasteiger partial charge in [0.15, 0.2) is 0 Å². The van der Waals surface area contributed by atoms with Crippen molar-refractivity contribution in [1.29, 1.82) is 0 Å². The average molecular weight is 348 g/mol. The van der Waals surface area contributed by atoms with Gasteiger partial charge in [-0.15, -0.1) is 0 Å². The molecule has 2 rings (SSSR count). The molecular weight excluding hydrogens is 319 g/mol. The Morgan fingerprint density at radius 3 is 2.52 bits per heavy atom. The van der Waals surface area contributed by atoms with Gasteiger partial charge in [-0.05, 0) is 52.9 Å². The monoisotopic (exact) mass is 348 g/mol. The smallest absolute Gasteiger partial charge is 0.497 e. The number of carbonyl (C=O) groups is 1. The zero-order valence-electron chi connectivity index (χ0n) is 16.3. The Labute approximate surface area is 151 Å². The van der Waals surface area contributed by atoms with Crippen LogP contribution in [0.15, 0.2) is 18.2 Å². The van der Waals surface area contributed by atoms with E-state index >= 15 is 0 Å². The summed E-state index contributed by atoms with van der Waals surface area (Å²) in [7, 11) is 6.43. The summed E-state index contributed by atoms with van der Waals surface area (Å²) in [6, 6.07) is 5.37. The molecule has 138 valence electrons. The van der Waals surface area contributed by atoms with Gasteiger partial charge in [-0.2, -0.15) is 0 Å². The first kappa shape index (κ1) is 19.8. The van der Waals surface area contributed by atoms with Crippen molar-refractivity contribution in [1.82, 2.24) is 10.2 Å². The minimum absolute atomic E-state index is 0.0719. The number of nitrogens with one attached hydrogen (secondary N) is 1. The summed E-state index contributed by atoms with van der Waals surface area (Å²) in [5, 5.41) is 3.16. The second-order valence-corrected chi connectivity index (χ2v) is 7.32. The van der Waals surface area contributed by atoms with Crippen LogP contribution in [-0.2, 0) is 9.31 Å².